The van der Waals surface area contributed by atoms with Crippen LogP contribution in [-0.4, -0.2) is 22.1 Å². The molecule has 0 aliphatic carbocycles. The molecule has 0 saturated carbocycles. The van der Waals surface area contributed by atoms with Crippen LogP contribution in [0.25, 0.3) is 5.69 Å². The first-order chi connectivity index (χ1) is 10.9. The maximum absolute atomic E-state index is 12.9. The molecule has 0 fully saturated rings. The van der Waals surface area contributed by atoms with Crippen molar-refractivity contribution >= 4 is 10.0 Å². The molecule has 8 heteroatoms. The van der Waals surface area contributed by atoms with Crippen molar-refractivity contribution in [3.63, 3.8) is 0 Å². The summed E-state index contributed by atoms with van der Waals surface area (Å²) in [6.45, 7) is 0. The van der Waals surface area contributed by atoms with E-state index in [0.717, 1.165) is 35.0 Å². The number of hydrogen-bond acceptors (Lipinski definition) is 4. The van der Waals surface area contributed by atoms with Gasteiger partial charge in [-0.25, -0.2) is 17.6 Å². The van der Waals surface area contributed by atoms with Gasteiger partial charge in [0.25, 0.3) is 10.0 Å². The minimum Gasteiger partial charge on any atom is -0.493 e. The number of hydrogen-bond donors (Lipinski definition) is 1. The van der Waals surface area contributed by atoms with Crippen LogP contribution >= 0.6 is 0 Å². The molecule has 0 radical (unpaired) electrons. The van der Waals surface area contributed by atoms with E-state index in [1.165, 1.54) is 0 Å². The topological polar surface area (TPSA) is 81.3 Å². The molecule has 0 spiro atoms. The molecule has 1 N–H and O–H groups in total. The Morgan fingerprint density at radius 1 is 0.957 bits per heavy atom. The molecule has 1 heterocycles. The van der Waals surface area contributed by atoms with Gasteiger partial charge in [0.1, 0.15) is 5.82 Å². The van der Waals surface area contributed by atoms with Gasteiger partial charge >= 0.3 is 5.69 Å². The highest BCUT2D eigenvalue weighted by molar-refractivity contribution is 7.90. The number of aromatic nitrogens is 2. The third kappa shape index (κ3) is 2.53. The van der Waals surface area contributed by atoms with Crippen LogP contribution < -0.4 is 5.69 Å². The number of imidazole rings is 1. The summed E-state index contributed by atoms with van der Waals surface area (Å²) in [4.78, 5) is 12.1. The standard InChI is InChI=1S/C15H11FN2O4S/c16-11-6-8-13(9-7-11)23(21,22)18-14(19)10-17(15(18)20)12-4-2-1-3-5-12/h1-10,19H. The second-order valence-corrected chi connectivity index (χ2v) is 6.49. The zero-order chi connectivity index (χ0) is 16.6. The maximum atomic E-state index is 12.9. The molecular formula is C15H11FN2O4S. The second-order valence-electron chi connectivity index (χ2n) is 4.70. The molecule has 6 nitrogen and oxygen atoms in total. The molecule has 3 rings (SSSR count). The number of benzene rings is 2. The van der Waals surface area contributed by atoms with Gasteiger partial charge in [-0.3, -0.25) is 4.57 Å². The second kappa shape index (κ2) is 5.40. The Morgan fingerprint density at radius 2 is 1.57 bits per heavy atom. The third-order valence-corrected chi connectivity index (χ3v) is 4.91. The van der Waals surface area contributed by atoms with Gasteiger partial charge in [-0.05, 0) is 36.4 Å². The van der Waals surface area contributed by atoms with Crippen LogP contribution in [-0.2, 0) is 10.0 Å². The summed E-state index contributed by atoms with van der Waals surface area (Å²) in [6, 6.07) is 12.2. The highest BCUT2D eigenvalue weighted by Crippen LogP contribution is 2.19. The van der Waals surface area contributed by atoms with Crippen molar-refractivity contribution in [2.24, 2.45) is 0 Å². The van der Waals surface area contributed by atoms with Gasteiger partial charge in [0.05, 0.1) is 16.8 Å². The highest BCUT2D eigenvalue weighted by atomic mass is 32.2. The molecule has 0 amide bonds. The van der Waals surface area contributed by atoms with Crippen LogP contribution in [0.15, 0.2) is 70.5 Å². The monoisotopic (exact) mass is 334 g/mol. The summed E-state index contributed by atoms with van der Waals surface area (Å²) in [7, 11) is -4.34. The Morgan fingerprint density at radius 3 is 2.17 bits per heavy atom. The van der Waals surface area contributed by atoms with E-state index in [1.54, 1.807) is 30.3 Å². The summed E-state index contributed by atoms with van der Waals surface area (Å²) >= 11 is 0. The molecule has 0 saturated heterocycles. The van der Waals surface area contributed by atoms with E-state index in [2.05, 4.69) is 0 Å². The van der Waals surface area contributed by atoms with Crippen molar-refractivity contribution in [3.05, 3.63) is 77.1 Å². The fourth-order valence-electron chi connectivity index (χ4n) is 2.13. The summed E-state index contributed by atoms with van der Waals surface area (Å²) in [6.07, 6.45) is 1.01. The molecule has 0 bridgehead atoms. The van der Waals surface area contributed by atoms with Gasteiger partial charge in [-0.15, -0.1) is 3.97 Å². The van der Waals surface area contributed by atoms with Crippen LogP contribution in [0.5, 0.6) is 5.88 Å². The lowest BCUT2D eigenvalue weighted by Crippen LogP contribution is -2.28. The average molecular weight is 334 g/mol. The lowest BCUT2D eigenvalue weighted by Gasteiger charge is -2.05. The van der Waals surface area contributed by atoms with Crippen LogP contribution in [0, 0.1) is 5.82 Å². The summed E-state index contributed by atoms with van der Waals surface area (Å²) in [5, 5.41) is 9.91. The van der Waals surface area contributed by atoms with E-state index in [0.29, 0.717) is 5.69 Å². The van der Waals surface area contributed by atoms with Gasteiger partial charge in [0.15, 0.2) is 0 Å². The van der Waals surface area contributed by atoms with E-state index >= 15 is 0 Å². The summed E-state index contributed by atoms with van der Waals surface area (Å²) < 4.78 is 39.2. The Kier molecular flexibility index (Phi) is 3.53. The third-order valence-electron chi connectivity index (χ3n) is 3.22. The molecule has 0 aliphatic rings. The Bertz CT molecular complexity index is 1010. The molecule has 0 atom stereocenters. The SMILES string of the molecule is O=c1n(-c2ccccc2)cc(O)n1S(=O)(=O)c1ccc(F)cc1. The number of para-hydroxylation sites is 1. The smallest absolute Gasteiger partial charge is 0.350 e. The van der Waals surface area contributed by atoms with Crippen LogP contribution in [0.1, 0.15) is 0 Å². The normalized spacial score (nSPS) is 11.5. The molecule has 0 unspecified atom stereocenters. The first-order valence-electron chi connectivity index (χ1n) is 6.51. The predicted octanol–water partition coefficient (Wildman–Crippen LogP) is 1.72. The van der Waals surface area contributed by atoms with Crippen LogP contribution in [0.4, 0.5) is 4.39 Å². The van der Waals surface area contributed by atoms with Crippen molar-refractivity contribution < 1.29 is 17.9 Å². The quantitative estimate of drug-likeness (QED) is 0.791. The molecular weight excluding hydrogens is 323 g/mol. The molecule has 2 aromatic carbocycles. The van der Waals surface area contributed by atoms with Crippen LogP contribution in [0.3, 0.4) is 0 Å². The minimum absolute atomic E-state index is 0.271. The van der Waals surface area contributed by atoms with Crippen molar-refractivity contribution in [2.75, 3.05) is 0 Å². The van der Waals surface area contributed by atoms with Gasteiger partial charge in [0, 0.05) is 0 Å². The van der Waals surface area contributed by atoms with E-state index in [4.69, 9.17) is 0 Å². The number of nitrogens with zero attached hydrogens (tertiary/aromatic N) is 2. The maximum Gasteiger partial charge on any atom is 0.350 e. The largest absolute Gasteiger partial charge is 0.493 e. The van der Waals surface area contributed by atoms with Crippen molar-refractivity contribution in [1.82, 2.24) is 8.54 Å². The predicted molar refractivity (Wildman–Crippen MR) is 80.7 cm³/mol. The Balaban J connectivity index is 2.20. The summed E-state index contributed by atoms with van der Waals surface area (Å²) in [5.41, 5.74) is -0.543. The number of aromatic hydroxyl groups is 1. The van der Waals surface area contributed by atoms with Crippen molar-refractivity contribution in [2.45, 2.75) is 4.90 Å². The Labute approximate surface area is 130 Å². The molecule has 0 aliphatic heterocycles. The van der Waals surface area contributed by atoms with Gasteiger partial charge in [0.2, 0.25) is 5.88 Å². The lowest BCUT2D eigenvalue weighted by molar-refractivity contribution is 0.443. The summed E-state index contributed by atoms with van der Waals surface area (Å²) in [5.74, 6) is -1.34. The average Bonchev–Trinajstić information content (AvgIpc) is 2.84. The van der Waals surface area contributed by atoms with Gasteiger partial charge < -0.3 is 5.11 Å². The highest BCUT2D eigenvalue weighted by Gasteiger charge is 2.25. The van der Waals surface area contributed by atoms with E-state index < -0.39 is 27.4 Å². The van der Waals surface area contributed by atoms with E-state index in [-0.39, 0.29) is 8.87 Å². The fourth-order valence-corrected chi connectivity index (χ4v) is 3.41. The van der Waals surface area contributed by atoms with E-state index in [9.17, 15) is 22.7 Å². The Hall–Kier alpha value is -2.87. The first-order valence-corrected chi connectivity index (χ1v) is 7.95. The van der Waals surface area contributed by atoms with Crippen LogP contribution in [0.2, 0.25) is 0 Å². The fraction of sp³-hybridized carbons (Fsp3) is 0. The van der Waals surface area contributed by atoms with E-state index in [1.807, 2.05) is 0 Å². The minimum atomic E-state index is -4.34. The first kappa shape index (κ1) is 15.0. The zero-order valence-corrected chi connectivity index (χ0v) is 12.4. The molecule has 1 aromatic heterocycles. The van der Waals surface area contributed by atoms with Crippen molar-refractivity contribution in [1.29, 1.82) is 0 Å². The number of rotatable bonds is 3. The zero-order valence-electron chi connectivity index (χ0n) is 11.6. The van der Waals surface area contributed by atoms with Crippen molar-refractivity contribution in [3.8, 4) is 11.6 Å². The van der Waals surface area contributed by atoms with Gasteiger partial charge in [-0.1, -0.05) is 18.2 Å². The molecule has 118 valence electrons. The molecule has 3 aromatic rings. The van der Waals surface area contributed by atoms with Gasteiger partial charge in [-0.2, -0.15) is 0 Å². The number of halogens is 1. The molecule has 23 heavy (non-hydrogen) atoms. The lowest BCUT2D eigenvalue weighted by atomic mass is 10.3.